The molecule has 19 heavy (non-hydrogen) atoms. The zero-order chi connectivity index (χ0) is 14.3. The van der Waals surface area contributed by atoms with Gasteiger partial charge in [-0.25, -0.2) is 4.79 Å². The largest absolute Gasteiger partial charge is 0.482 e. The molecule has 0 fully saturated rings. The maximum absolute atomic E-state index is 11.7. The van der Waals surface area contributed by atoms with Crippen molar-refractivity contribution in [2.45, 2.75) is 6.10 Å². The predicted octanol–water partition coefficient (Wildman–Crippen LogP) is 0.0622. The third-order valence-corrected chi connectivity index (χ3v) is 2.25. The maximum atomic E-state index is 11.7. The molecule has 1 aromatic rings. The number of aliphatic carboxylic acids is 1. The number of hydrogen-bond acceptors (Lipinski definition) is 5. The molecule has 0 spiro atoms. The molecule has 0 saturated carbocycles. The van der Waals surface area contributed by atoms with Crippen molar-refractivity contribution < 1.29 is 24.2 Å². The smallest absolute Gasteiger partial charge is 0.341 e. The molecule has 0 aliphatic heterocycles. The van der Waals surface area contributed by atoms with Gasteiger partial charge >= 0.3 is 5.97 Å². The lowest BCUT2D eigenvalue weighted by Gasteiger charge is -2.13. The second-order valence-corrected chi connectivity index (χ2v) is 3.66. The average molecular weight is 268 g/mol. The van der Waals surface area contributed by atoms with E-state index in [1.54, 1.807) is 18.2 Å². The van der Waals surface area contributed by atoms with Gasteiger partial charge in [0.15, 0.2) is 6.61 Å². The summed E-state index contributed by atoms with van der Waals surface area (Å²) in [5.74, 6) is -1.10. The van der Waals surface area contributed by atoms with Crippen molar-refractivity contribution >= 4 is 17.6 Å². The third kappa shape index (κ3) is 4.94. The fourth-order valence-corrected chi connectivity index (χ4v) is 1.34. The molecule has 0 heterocycles. The van der Waals surface area contributed by atoms with Gasteiger partial charge in [-0.1, -0.05) is 6.07 Å². The molecule has 1 amide bonds. The summed E-state index contributed by atoms with van der Waals surface area (Å²) in [6.45, 7) is -0.377. The molecule has 1 rings (SSSR count). The van der Waals surface area contributed by atoms with E-state index in [9.17, 15) is 9.59 Å². The lowest BCUT2D eigenvalue weighted by atomic mass is 10.2. The van der Waals surface area contributed by atoms with Crippen molar-refractivity contribution in [1.29, 1.82) is 0 Å². The number of benzene rings is 1. The number of anilines is 1. The molecule has 7 nitrogen and oxygen atoms in total. The van der Waals surface area contributed by atoms with Crippen LogP contribution in [0.4, 0.5) is 5.69 Å². The van der Waals surface area contributed by atoms with Gasteiger partial charge in [-0.15, -0.1) is 0 Å². The van der Waals surface area contributed by atoms with Gasteiger partial charge in [-0.05, 0) is 12.1 Å². The molecular formula is C12H16N2O5. The highest BCUT2D eigenvalue weighted by molar-refractivity contribution is 5.94. The van der Waals surface area contributed by atoms with Crippen LogP contribution in [0.5, 0.6) is 5.75 Å². The summed E-state index contributed by atoms with van der Waals surface area (Å²) >= 11 is 0. The van der Waals surface area contributed by atoms with Crippen molar-refractivity contribution in [3.05, 3.63) is 24.3 Å². The molecule has 1 atom stereocenters. The summed E-state index contributed by atoms with van der Waals surface area (Å²) in [6.07, 6.45) is -0.733. The highest BCUT2D eigenvalue weighted by atomic mass is 16.5. The SMILES string of the molecule is COC(CN)C(=O)Nc1cccc(OCC(=O)O)c1. The van der Waals surface area contributed by atoms with E-state index in [2.05, 4.69) is 5.32 Å². The number of carboxylic acid groups (broad SMARTS) is 1. The van der Waals surface area contributed by atoms with Gasteiger partial charge in [0, 0.05) is 25.4 Å². The Hall–Kier alpha value is -2.12. The highest BCUT2D eigenvalue weighted by Gasteiger charge is 2.15. The zero-order valence-corrected chi connectivity index (χ0v) is 10.5. The number of ether oxygens (including phenoxy) is 2. The van der Waals surface area contributed by atoms with Gasteiger partial charge in [-0.2, -0.15) is 0 Å². The quantitative estimate of drug-likeness (QED) is 0.645. The van der Waals surface area contributed by atoms with Crippen LogP contribution in [0.15, 0.2) is 24.3 Å². The summed E-state index contributed by atoms with van der Waals surface area (Å²) in [5, 5.41) is 11.1. The minimum atomic E-state index is -1.07. The third-order valence-electron chi connectivity index (χ3n) is 2.25. The van der Waals surface area contributed by atoms with E-state index in [0.29, 0.717) is 11.4 Å². The van der Waals surface area contributed by atoms with Gasteiger partial charge in [0.05, 0.1) is 0 Å². The topological polar surface area (TPSA) is 111 Å². The molecule has 0 saturated heterocycles. The second-order valence-electron chi connectivity index (χ2n) is 3.66. The summed E-state index contributed by atoms with van der Waals surface area (Å²) < 4.78 is 9.89. The molecule has 4 N–H and O–H groups in total. The van der Waals surface area contributed by atoms with Crippen LogP contribution in [0.3, 0.4) is 0 Å². The molecule has 104 valence electrons. The van der Waals surface area contributed by atoms with Gasteiger partial charge in [-0.3, -0.25) is 4.79 Å². The normalized spacial score (nSPS) is 11.7. The summed E-state index contributed by atoms with van der Waals surface area (Å²) in [6, 6.07) is 6.39. The van der Waals surface area contributed by atoms with Crippen LogP contribution in [0.25, 0.3) is 0 Å². The molecule has 0 bridgehead atoms. The number of nitrogens with two attached hydrogens (primary N) is 1. The molecular weight excluding hydrogens is 252 g/mol. The van der Waals surface area contributed by atoms with E-state index in [1.807, 2.05) is 0 Å². The Labute approximate surface area is 110 Å². The summed E-state index contributed by atoms with van der Waals surface area (Å²) in [4.78, 5) is 22.1. The first-order valence-corrected chi connectivity index (χ1v) is 5.55. The van der Waals surface area contributed by atoms with E-state index in [-0.39, 0.29) is 12.5 Å². The molecule has 7 heteroatoms. The Morgan fingerprint density at radius 1 is 1.47 bits per heavy atom. The molecule has 1 unspecified atom stereocenters. The first-order chi connectivity index (χ1) is 9.06. The van der Waals surface area contributed by atoms with Crippen molar-refractivity contribution in [2.24, 2.45) is 5.73 Å². The van der Waals surface area contributed by atoms with Crippen LogP contribution in [-0.4, -0.2) is 43.3 Å². The Morgan fingerprint density at radius 3 is 2.79 bits per heavy atom. The van der Waals surface area contributed by atoms with Crippen molar-refractivity contribution in [3.8, 4) is 5.75 Å². The number of methoxy groups -OCH3 is 1. The first kappa shape index (κ1) is 14.9. The van der Waals surface area contributed by atoms with Gasteiger partial charge in [0.2, 0.25) is 0 Å². The Balaban J connectivity index is 2.66. The molecule has 0 radical (unpaired) electrons. The van der Waals surface area contributed by atoms with Crippen LogP contribution < -0.4 is 15.8 Å². The second kappa shape index (κ2) is 7.34. The lowest BCUT2D eigenvalue weighted by molar-refractivity contribution is -0.139. The molecule has 0 aliphatic carbocycles. The van der Waals surface area contributed by atoms with E-state index in [1.165, 1.54) is 13.2 Å². The fourth-order valence-electron chi connectivity index (χ4n) is 1.34. The van der Waals surface area contributed by atoms with Crippen LogP contribution >= 0.6 is 0 Å². The standard InChI is InChI=1S/C12H16N2O5/c1-18-10(6-13)12(17)14-8-3-2-4-9(5-8)19-7-11(15)16/h2-5,10H,6-7,13H2,1H3,(H,14,17)(H,15,16). The molecule has 0 aromatic heterocycles. The first-order valence-electron chi connectivity index (χ1n) is 5.55. The molecule has 0 aliphatic rings. The number of carbonyl (C=O) groups excluding carboxylic acids is 1. The Kier molecular flexibility index (Phi) is 5.77. The predicted molar refractivity (Wildman–Crippen MR) is 68.1 cm³/mol. The van der Waals surface area contributed by atoms with E-state index < -0.39 is 18.7 Å². The number of nitrogens with one attached hydrogen (secondary N) is 1. The summed E-state index contributed by atoms with van der Waals surface area (Å²) in [5.41, 5.74) is 5.85. The zero-order valence-electron chi connectivity index (χ0n) is 10.5. The number of carboxylic acids is 1. The average Bonchev–Trinajstić information content (AvgIpc) is 2.38. The highest BCUT2D eigenvalue weighted by Crippen LogP contribution is 2.17. The minimum absolute atomic E-state index is 0.0670. The minimum Gasteiger partial charge on any atom is -0.482 e. The summed E-state index contributed by atoms with van der Waals surface area (Å²) in [7, 11) is 1.39. The van der Waals surface area contributed by atoms with Crippen LogP contribution in [0, 0.1) is 0 Å². The van der Waals surface area contributed by atoms with Crippen LogP contribution in [-0.2, 0) is 14.3 Å². The van der Waals surface area contributed by atoms with Crippen molar-refractivity contribution in [3.63, 3.8) is 0 Å². The molecule has 1 aromatic carbocycles. The van der Waals surface area contributed by atoms with E-state index in [0.717, 1.165) is 0 Å². The Bertz CT molecular complexity index is 446. The number of rotatable bonds is 7. The van der Waals surface area contributed by atoms with E-state index in [4.69, 9.17) is 20.3 Å². The van der Waals surface area contributed by atoms with Crippen LogP contribution in [0.1, 0.15) is 0 Å². The number of hydrogen-bond donors (Lipinski definition) is 3. The van der Waals surface area contributed by atoms with Crippen molar-refractivity contribution in [2.75, 3.05) is 25.6 Å². The fraction of sp³-hybridized carbons (Fsp3) is 0.333. The van der Waals surface area contributed by atoms with Crippen LogP contribution in [0.2, 0.25) is 0 Å². The van der Waals surface area contributed by atoms with E-state index >= 15 is 0 Å². The van der Waals surface area contributed by atoms with Gasteiger partial charge in [0.25, 0.3) is 5.91 Å². The maximum Gasteiger partial charge on any atom is 0.341 e. The number of amides is 1. The number of carbonyl (C=O) groups is 2. The van der Waals surface area contributed by atoms with Gasteiger partial charge < -0.3 is 25.6 Å². The van der Waals surface area contributed by atoms with Crippen molar-refractivity contribution in [1.82, 2.24) is 0 Å². The lowest BCUT2D eigenvalue weighted by Crippen LogP contribution is -2.35. The Morgan fingerprint density at radius 2 is 2.21 bits per heavy atom. The van der Waals surface area contributed by atoms with Gasteiger partial charge in [0.1, 0.15) is 11.9 Å². The monoisotopic (exact) mass is 268 g/mol.